The van der Waals surface area contributed by atoms with Crippen LogP contribution in [0, 0.1) is 0 Å². The Morgan fingerprint density at radius 3 is 2.39 bits per heavy atom. The number of hydrogen-bond donors (Lipinski definition) is 1. The van der Waals surface area contributed by atoms with Crippen LogP contribution < -0.4 is 0 Å². The van der Waals surface area contributed by atoms with Gasteiger partial charge >= 0.3 is 6.18 Å². The molecule has 1 aromatic carbocycles. The van der Waals surface area contributed by atoms with E-state index < -0.39 is 17.3 Å². The molecule has 1 heterocycles. The minimum Gasteiger partial charge on any atom is -0.388 e. The lowest BCUT2D eigenvalue weighted by atomic mass is 9.96. The third-order valence-corrected chi connectivity index (χ3v) is 4.01. The molecule has 0 radical (unpaired) electrons. The molecule has 1 N–H and O–H groups in total. The van der Waals surface area contributed by atoms with Crippen molar-refractivity contribution in [3.63, 3.8) is 0 Å². The Hall–Kier alpha value is -1.82. The standard InChI is InChI=1S/C17H20F3NO2/c1-16(2,23)14-4-3-11-21(14)15(22)10-7-12-5-8-13(9-6-12)17(18,19)20/h5-10,14,23H,3-4,11H2,1-2H3/b10-7+. The summed E-state index contributed by atoms with van der Waals surface area (Å²) in [5.41, 5.74) is -1.18. The summed E-state index contributed by atoms with van der Waals surface area (Å²) in [5.74, 6) is -0.241. The Labute approximate surface area is 133 Å². The SMILES string of the molecule is CC(C)(O)C1CCCN1C(=O)/C=C/c1ccc(C(F)(F)F)cc1. The molecule has 126 valence electrons. The first kappa shape index (κ1) is 17.5. The van der Waals surface area contributed by atoms with E-state index in [2.05, 4.69) is 0 Å². The third kappa shape index (κ3) is 4.34. The Morgan fingerprint density at radius 1 is 1.26 bits per heavy atom. The number of likely N-dealkylation sites (tertiary alicyclic amines) is 1. The summed E-state index contributed by atoms with van der Waals surface area (Å²) in [6.45, 7) is 3.91. The summed E-state index contributed by atoms with van der Waals surface area (Å²) in [6.07, 6.45) is 0.0281. The number of nitrogens with zero attached hydrogens (tertiary/aromatic N) is 1. The maximum absolute atomic E-state index is 12.5. The number of rotatable bonds is 3. The number of carbonyl (C=O) groups excluding carboxylic acids is 1. The van der Waals surface area contributed by atoms with E-state index in [-0.39, 0.29) is 11.9 Å². The molecule has 23 heavy (non-hydrogen) atoms. The van der Waals surface area contributed by atoms with Crippen LogP contribution in [0.25, 0.3) is 6.08 Å². The van der Waals surface area contributed by atoms with Gasteiger partial charge in [0.1, 0.15) is 0 Å². The molecule has 1 atom stereocenters. The lowest BCUT2D eigenvalue weighted by Gasteiger charge is -2.33. The second-order valence-corrected chi connectivity index (χ2v) is 6.30. The lowest BCUT2D eigenvalue weighted by molar-refractivity contribution is -0.137. The molecule has 1 unspecified atom stereocenters. The Morgan fingerprint density at radius 2 is 1.87 bits per heavy atom. The van der Waals surface area contributed by atoms with Crippen molar-refractivity contribution >= 4 is 12.0 Å². The molecule has 1 amide bonds. The van der Waals surface area contributed by atoms with Gasteiger partial charge in [-0.05, 0) is 50.5 Å². The van der Waals surface area contributed by atoms with Crippen LogP contribution in [0.15, 0.2) is 30.3 Å². The first-order valence-electron chi connectivity index (χ1n) is 7.47. The zero-order valence-electron chi connectivity index (χ0n) is 13.1. The molecule has 0 aromatic heterocycles. The number of carbonyl (C=O) groups is 1. The molecule has 1 aliphatic heterocycles. The average Bonchev–Trinajstić information content (AvgIpc) is 2.94. The zero-order valence-corrected chi connectivity index (χ0v) is 13.1. The molecule has 3 nitrogen and oxygen atoms in total. The van der Waals surface area contributed by atoms with Gasteiger partial charge in [0.2, 0.25) is 5.91 Å². The maximum atomic E-state index is 12.5. The maximum Gasteiger partial charge on any atom is 0.416 e. The fraction of sp³-hybridized carbons (Fsp3) is 0.471. The topological polar surface area (TPSA) is 40.5 Å². The van der Waals surface area contributed by atoms with Gasteiger partial charge in [-0.15, -0.1) is 0 Å². The van der Waals surface area contributed by atoms with Crippen molar-refractivity contribution in [3.05, 3.63) is 41.5 Å². The summed E-state index contributed by atoms with van der Waals surface area (Å²) >= 11 is 0. The van der Waals surface area contributed by atoms with Gasteiger partial charge in [0.05, 0.1) is 17.2 Å². The van der Waals surface area contributed by atoms with Crippen molar-refractivity contribution in [1.82, 2.24) is 4.90 Å². The molecule has 0 spiro atoms. The molecular formula is C17H20F3NO2. The first-order valence-corrected chi connectivity index (χ1v) is 7.47. The van der Waals surface area contributed by atoms with Gasteiger partial charge in [0, 0.05) is 12.6 Å². The van der Waals surface area contributed by atoms with Crippen molar-refractivity contribution in [1.29, 1.82) is 0 Å². The van der Waals surface area contributed by atoms with Crippen molar-refractivity contribution in [2.24, 2.45) is 0 Å². The van der Waals surface area contributed by atoms with Crippen LogP contribution in [-0.4, -0.2) is 34.1 Å². The molecule has 1 fully saturated rings. The van der Waals surface area contributed by atoms with Crippen molar-refractivity contribution in [2.75, 3.05) is 6.54 Å². The highest BCUT2D eigenvalue weighted by Gasteiger charge is 2.37. The van der Waals surface area contributed by atoms with Gasteiger partial charge in [-0.2, -0.15) is 13.2 Å². The van der Waals surface area contributed by atoms with E-state index >= 15 is 0 Å². The highest BCUT2D eigenvalue weighted by Crippen LogP contribution is 2.29. The second kappa shape index (κ2) is 6.35. The van der Waals surface area contributed by atoms with Crippen LogP contribution in [0.2, 0.25) is 0 Å². The molecule has 0 aliphatic carbocycles. The van der Waals surface area contributed by atoms with Gasteiger partial charge < -0.3 is 10.0 Å². The molecule has 2 rings (SSSR count). The van der Waals surface area contributed by atoms with E-state index in [0.717, 1.165) is 25.0 Å². The fourth-order valence-corrected chi connectivity index (χ4v) is 2.81. The van der Waals surface area contributed by atoms with Crippen LogP contribution in [0.4, 0.5) is 13.2 Å². The van der Waals surface area contributed by atoms with E-state index in [1.807, 2.05) is 0 Å². The summed E-state index contributed by atoms with van der Waals surface area (Å²) in [5, 5.41) is 10.1. The third-order valence-electron chi connectivity index (χ3n) is 4.01. The predicted molar refractivity (Wildman–Crippen MR) is 81.5 cm³/mol. The Bertz CT molecular complexity index is 585. The molecule has 6 heteroatoms. The lowest BCUT2D eigenvalue weighted by Crippen LogP contribution is -2.47. The van der Waals surface area contributed by atoms with Gasteiger partial charge in [-0.3, -0.25) is 4.79 Å². The summed E-state index contributed by atoms with van der Waals surface area (Å²) in [6, 6.07) is 4.38. The number of halogens is 3. The van der Waals surface area contributed by atoms with Crippen LogP contribution >= 0.6 is 0 Å². The van der Waals surface area contributed by atoms with Crippen molar-refractivity contribution in [3.8, 4) is 0 Å². The van der Waals surface area contributed by atoms with Crippen LogP contribution in [0.1, 0.15) is 37.8 Å². The van der Waals surface area contributed by atoms with E-state index in [1.54, 1.807) is 18.7 Å². The fourth-order valence-electron chi connectivity index (χ4n) is 2.81. The molecule has 0 bridgehead atoms. The van der Waals surface area contributed by atoms with Gasteiger partial charge in [-0.25, -0.2) is 0 Å². The monoisotopic (exact) mass is 327 g/mol. The van der Waals surface area contributed by atoms with Crippen LogP contribution in [-0.2, 0) is 11.0 Å². The number of amides is 1. The van der Waals surface area contributed by atoms with Crippen molar-refractivity contribution in [2.45, 2.75) is 44.5 Å². The van der Waals surface area contributed by atoms with Crippen LogP contribution in [0.3, 0.4) is 0 Å². The molecule has 0 saturated carbocycles. The normalized spacial score (nSPS) is 19.6. The minimum absolute atomic E-state index is 0.241. The first-order chi connectivity index (χ1) is 10.6. The molecule has 1 saturated heterocycles. The average molecular weight is 327 g/mol. The Balaban J connectivity index is 2.06. The highest BCUT2D eigenvalue weighted by molar-refractivity contribution is 5.92. The van der Waals surface area contributed by atoms with Gasteiger partial charge in [0.25, 0.3) is 0 Å². The van der Waals surface area contributed by atoms with E-state index in [9.17, 15) is 23.1 Å². The Kier molecular flexibility index (Phi) is 4.84. The van der Waals surface area contributed by atoms with Gasteiger partial charge in [0.15, 0.2) is 0 Å². The summed E-state index contributed by atoms with van der Waals surface area (Å²) in [4.78, 5) is 13.9. The van der Waals surface area contributed by atoms with Crippen molar-refractivity contribution < 1.29 is 23.1 Å². The summed E-state index contributed by atoms with van der Waals surface area (Å²) < 4.78 is 37.5. The van der Waals surface area contributed by atoms with E-state index in [1.165, 1.54) is 24.3 Å². The largest absolute Gasteiger partial charge is 0.416 e. The smallest absolute Gasteiger partial charge is 0.388 e. The second-order valence-electron chi connectivity index (χ2n) is 6.30. The number of alkyl halides is 3. The number of hydrogen-bond acceptors (Lipinski definition) is 2. The van der Waals surface area contributed by atoms with E-state index in [0.29, 0.717) is 12.1 Å². The van der Waals surface area contributed by atoms with Crippen LogP contribution in [0.5, 0.6) is 0 Å². The van der Waals surface area contributed by atoms with E-state index in [4.69, 9.17) is 0 Å². The quantitative estimate of drug-likeness (QED) is 0.864. The molecular weight excluding hydrogens is 307 g/mol. The zero-order chi connectivity index (χ0) is 17.3. The molecule has 1 aromatic rings. The molecule has 1 aliphatic rings. The highest BCUT2D eigenvalue weighted by atomic mass is 19.4. The minimum atomic E-state index is -4.37. The predicted octanol–water partition coefficient (Wildman–Crippen LogP) is 3.48. The number of aliphatic hydroxyl groups is 1. The van der Waals surface area contributed by atoms with Gasteiger partial charge in [-0.1, -0.05) is 12.1 Å². The summed E-state index contributed by atoms with van der Waals surface area (Å²) in [7, 11) is 0. The number of benzene rings is 1.